The highest BCUT2D eigenvalue weighted by Gasteiger charge is 1.98. The minimum Gasteiger partial charge on any atom is -0.423 e. The Balaban J connectivity index is 1.72. The molecule has 3 rings (SSSR count). The quantitative estimate of drug-likeness (QED) is 0.529. The van der Waals surface area contributed by atoms with Crippen LogP contribution in [0.2, 0.25) is 0 Å². The number of fused-ring (bicyclic) bond motifs is 1. The van der Waals surface area contributed by atoms with Crippen molar-refractivity contribution in [3.05, 3.63) is 93.9 Å². The first-order chi connectivity index (χ1) is 11.6. The molecule has 1 heterocycles. The molecule has 0 unspecified atom stereocenters. The van der Waals surface area contributed by atoms with Crippen molar-refractivity contribution >= 4 is 28.9 Å². The summed E-state index contributed by atoms with van der Waals surface area (Å²) in [5.74, 6) is -0.0877. The van der Waals surface area contributed by atoms with Gasteiger partial charge < -0.3 is 4.42 Å². The number of hydrogen-bond acceptors (Lipinski definition) is 3. The van der Waals surface area contributed by atoms with E-state index in [4.69, 9.17) is 4.42 Å². The van der Waals surface area contributed by atoms with Crippen molar-refractivity contribution in [1.82, 2.24) is 0 Å². The molecule has 0 aliphatic carbocycles. The zero-order valence-electron chi connectivity index (χ0n) is 13.2. The Labute approximate surface area is 139 Å². The molecule has 0 saturated carbocycles. The predicted molar refractivity (Wildman–Crippen MR) is 96.7 cm³/mol. The number of carbonyl (C=O) groups is 1. The molecule has 1 aromatic heterocycles. The maximum Gasteiger partial charge on any atom is 0.336 e. The van der Waals surface area contributed by atoms with Gasteiger partial charge in [0.1, 0.15) is 5.58 Å². The Kier molecular flexibility index (Phi) is 4.52. The van der Waals surface area contributed by atoms with E-state index in [0.717, 1.165) is 16.5 Å². The molecular formula is C21H16O3. The van der Waals surface area contributed by atoms with Crippen LogP contribution >= 0.6 is 0 Å². The lowest BCUT2D eigenvalue weighted by atomic mass is 10.1. The first-order valence-electron chi connectivity index (χ1n) is 7.61. The maximum absolute atomic E-state index is 11.9. The van der Waals surface area contributed by atoms with Crippen molar-refractivity contribution in [2.24, 2.45) is 0 Å². The van der Waals surface area contributed by atoms with Crippen LogP contribution in [0.4, 0.5) is 0 Å². The normalized spacial score (nSPS) is 11.5. The highest BCUT2D eigenvalue weighted by Crippen LogP contribution is 2.15. The number of hydrogen-bond donors (Lipinski definition) is 0. The molecule has 24 heavy (non-hydrogen) atoms. The van der Waals surface area contributed by atoms with Gasteiger partial charge in [0.25, 0.3) is 0 Å². The molecule has 118 valence electrons. The lowest BCUT2D eigenvalue weighted by Gasteiger charge is -1.97. The number of carbonyl (C=O) groups excluding carboxylic acids is 1. The average molecular weight is 316 g/mol. The Bertz CT molecular complexity index is 990. The summed E-state index contributed by atoms with van der Waals surface area (Å²) in [5, 5.41) is 0.819. The zero-order chi connectivity index (χ0) is 16.9. The molecule has 3 nitrogen and oxygen atoms in total. The van der Waals surface area contributed by atoms with E-state index in [-0.39, 0.29) is 11.4 Å². The third-order valence-corrected chi connectivity index (χ3v) is 3.60. The van der Waals surface area contributed by atoms with E-state index < -0.39 is 0 Å². The molecule has 2 aromatic carbocycles. The summed E-state index contributed by atoms with van der Waals surface area (Å²) in [6.07, 6.45) is 6.60. The molecule has 3 aromatic rings. The van der Waals surface area contributed by atoms with Gasteiger partial charge in [-0.3, -0.25) is 4.79 Å². The van der Waals surface area contributed by atoms with Gasteiger partial charge in [-0.05, 0) is 48.4 Å². The SMILES string of the molecule is Cc1ccc(/C=C/C(=O)/C=C/c2ccc3oc(=O)ccc3c2)cc1. The first kappa shape index (κ1) is 15.7. The van der Waals surface area contributed by atoms with Crippen molar-refractivity contribution < 1.29 is 9.21 Å². The van der Waals surface area contributed by atoms with Gasteiger partial charge in [-0.2, -0.15) is 0 Å². The number of aryl methyl sites for hydroxylation is 1. The van der Waals surface area contributed by atoms with Gasteiger partial charge in [-0.15, -0.1) is 0 Å². The summed E-state index contributed by atoms with van der Waals surface area (Å²) < 4.78 is 5.08. The summed E-state index contributed by atoms with van der Waals surface area (Å²) in [6.45, 7) is 2.02. The van der Waals surface area contributed by atoms with E-state index in [9.17, 15) is 9.59 Å². The molecule has 0 atom stereocenters. The summed E-state index contributed by atoms with van der Waals surface area (Å²) in [4.78, 5) is 23.1. The van der Waals surface area contributed by atoms with Crippen LogP contribution in [-0.2, 0) is 4.79 Å². The maximum atomic E-state index is 11.9. The molecule has 0 aliphatic rings. The molecule has 0 amide bonds. The third-order valence-electron chi connectivity index (χ3n) is 3.60. The second-order valence-electron chi connectivity index (χ2n) is 5.53. The smallest absolute Gasteiger partial charge is 0.336 e. The minimum absolute atomic E-state index is 0.0877. The van der Waals surface area contributed by atoms with E-state index in [0.29, 0.717) is 5.58 Å². The van der Waals surface area contributed by atoms with Crippen LogP contribution in [0.5, 0.6) is 0 Å². The van der Waals surface area contributed by atoms with E-state index in [1.807, 2.05) is 37.3 Å². The predicted octanol–water partition coefficient (Wildman–Crippen LogP) is 4.40. The fourth-order valence-corrected chi connectivity index (χ4v) is 2.28. The number of allylic oxidation sites excluding steroid dienone is 2. The number of benzene rings is 2. The fraction of sp³-hybridized carbons (Fsp3) is 0.0476. The molecule has 3 heteroatoms. The Hall–Kier alpha value is -3.20. The van der Waals surface area contributed by atoms with Crippen molar-refractivity contribution in [1.29, 1.82) is 0 Å². The van der Waals surface area contributed by atoms with Gasteiger partial charge in [-0.1, -0.05) is 48.0 Å². The molecule has 0 saturated heterocycles. The third kappa shape index (κ3) is 3.96. The van der Waals surface area contributed by atoms with E-state index in [1.54, 1.807) is 36.4 Å². The van der Waals surface area contributed by atoms with Gasteiger partial charge in [-0.25, -0.2) is 4.79 Å². The lowest BCUT2D eigenvalue weighted by molar-refractivity contribution is -0.110. The lowest BCUT2D eigenvalue weighted by Crippen LogP contribution is -1.94. The van der Waals surface area contributed by atoms with Gasteiger partial charge in [0.05, 0.1) is 0 Å². The standard InChI is InChI=1S/C21H16O3/c1-15-2-4-16(5-3-15)6-10-19(22)11-7-17-8-12-20-18(14-17)9-13-21(23)24-20/h2-14H,1H3/b10-6+,11-7+. The van der Waals surface area contributed by atoms with Crippen LogP contribution in [0.1, 0.15) is 16.7 Å². The van der Waals surface area contributed by atoms with Crippen LogP contribution in [0.25, 0.3) is 23.1 Å². The van der Waals surface area contributed by atoms with Crippen molar-refractivity contribution in [2.75, 3.05) is 0 Å². The van der Waals surface area contributed by atoms with Gasteiger partial charge in [0, 0.05) is 11.5 Å². The van der Waals surface area contributed by atoms with Gasteiger partial charge in [0.2, 0.25) is 0 Å². The van der Waals surface area contributed by atoms with Crippen LogP contribution in [0.15, 0.2) is 76.0 Å². The molecule has 0 N–H and O–H groups in total. The Morgan fingerprint density at radius 2 is 1.54 bits per heavy atom. The number of rotatable bonds is 4. The topological polar surface area (TPSA) is 47.3 Å². The minimum atomic E-state index is -0.373. The second-order valence-corrected chi connectivity index (χ2v) is 5.53. The molecule has 0 radical (unpaired) electrons. The van der Waals surface area contributed by atoms with E-state index in [2.05, 4.69) is 0 Å². The monoisotopic (exact) mass is 316 g/mol. The molecule has 0 spiro atoms. The number of ketones is 1. The molecule has 0 bridgehead atoms. The van der Waals surface area contributed by atoms with Crippen LogP contribution in [0.3, 0.4) is 0 Å². The Morgan fingerprint density at radius 1 is 0.875 bits per heavy atom. The highest BCUT2D eigenvalue weighted by molar-refractivity contribution is 6.04. The summed E-state index contributed by atoms with van der Waals surface area (Å²) >= 11 is 0. The summed E-state index contributed by atoms with van der Waals surface area (Å²) in [7, 11) is 0. The van der Waals surface area contributed by atoms with Gasteiger partial charge >= 0.3 is 5.63 Å². The zero-order valence-corrected chi connectivity index (χ0v) is 13.2. The first-order valence-corrected chi connectivity index (χ1v) is 7.61. The van der Waals surface area contributed by atoms with Crippen LogP contribution in [0, 0.1) is 6.92 Å². The van der Waals surface area contributed by atoms with Crippen molar-refractivity contribution in [3.63, 3.8) is 0 Å². The summed E-state index contributed by atoms with van der Waals surface area (Å²) in [6, 6.07) is 16.4. The molecule has 0 aliphatic heterocycles. The van der Waals surface area contributed by atoms with Gasteiger partial charge in [0.15, 0.2) is 5.78 Å². The molecule has 0 fully saturated rings. The van der Waals surface area contributed by atoms with Crippen molar-refractivity contribution in [2.45, 2.75) is 6.92 Å². The fourth-order valence-electron chi connectivity index (χ4n) is 2.28. The van der Waals surface area contributed by atoms with Crippen molar-refractivity contribution in [3.8, 4) is 0 Å². The summed E-state index contributed by atoms with van der Waals surface area (Å²) in [5.41, 5.74) is 3.20. The highest BCUT2D eigenvalue weighted by atomic mass is 16.4. The van der Waals surface area contributed by atoms with Crippen LogP contribution < -0.4 is 5.63 Å². The second kappa shape index (κ2) is 6.92. The molecular weight excluding hydrogens is 300 g/mol. The Morgan fingerprint density at radius 3 is 2.29 bits per heavy atom. The van der Waals surface area contributed by atoms with E-state index in [1.165, 1.54) is 17.7 Å². The van der Waals surface area contributed by atoms with E-state index >= 15 is 0 Å². The largest absolute Gasteiger partial charge is 0.423 e. The average Bonchev–Trinajstić information content (AvgIpc) is 2.59. The van der Waals surface area contributed by atoms with Crippen LogP contribution in [-0.4, -0.2) is 5.78 Å².